The average molecular weight is 376 g/mol. The van der Waals surface area contributed by atoms with Gasteiger partial charge in [-0.25, -0.2) is 9.78 Å². The van der Waals surface area contributed by atoms with Crippen LogP contribution in [0.3, 0.4) is 0 Å². The second kappa shape index (κ2) is 8.00. The Morgan fingerprint density at radius 1 is 1.08 bits per heavy atom. The number of hydrogen-bond donors (Lipinski definition) is 1. The molecule has 25 heavy (non-hydrogen) atoms. The maximum absolute atomic E-state index is 10.5. The van der Waals surface area contributed by atoms with Gasteiger partial charge in [0.15, 0.2) is 6.61 Å². The third kappa shape index (κ3) is 4.71. The number of halogens is 1. The number of ether oxygens (including phenoxy) is 2. The molecule has 2 aromatic carbocycles. The lowest BCUT2D eigenvalue weighted by Crippen LogP contribution is -2.09. The predicted molar refractivity (Wildman–Crippen MR) is 96.5 cm³/mol. The number of hydrogen-bond acceptors (Lipinski definition) is 5. The zero-order valence-electron chi connectivity index (χ0n) is 13.0. The van der Waals surface area contributed by atoms with Crippen molar-refractivity contribution in [2.75, 3.05) is 6.61 Å². The standard InChI is InChI=1S/C18H14ClNO4S/c19-15-4-2-1-3-14(15)16-11-25-17(20-16)9-23-12-5-7-13(8-6-12)24-10-18(21)22/h1-8,11H,9-10H2,(H,21,22). The summed E-state index contributed by atoms with van der Waals surface area (Å²) in [6.45, 7) is -0.0331. The third-order valence-electron chi connectivity index (χ3n) is 3.25. The molecule has 0 aliphatic heterocycles. The number of rotatable bonds is 7. The zero-order valence-corrected chi connectivity index (χ0v) is 14.6. The fourth-order valence-electron chi connectivity index (χ4n) is 2.09. The van der Waals surface area contributed by atoms with Crippen LogP contribution in [0, 0.1) is 0 Å². The first-order valence-corrected chi connectivity index (χ1v) is 8.64. The number of carboxylic acid groups (broad SMARTS) is 1. The van der Waals surface area contributed by atoms with Gasteiger partial charge >= 0.3 is 5.97 Å². The number of thiazole rings is 1. The summed E-state index contributed by atoms with van der Waals surface area (Å²) in [6, 6.07) is 14.3. The van der Waals surface area contributed by atoms with E-state index < -0.39 is 5.97 Å². The van der Waals surface area contributed by atoms with Crippen molar-refractivity contribution >= 4 is 28.9 Å². The van der Waals surface area contributed by atoms with Gasteiger partial charge in [-0.1, -0.05) is 29.8 Å². The minimum Gasteiger partial charge on any atom is -0.486 e. The van der Waals surface area contributed by atoms with E-state index in [0.29, 0.717) is 23.1 Å². The number of carbonyl (C=O) groups is 1. The largest absolute Gasteiger partial charge is 0.486 e. The third-order valence-corrected chi connectivity index (χ3v) is 4.40. The van der Waals surface area contributed by atoms with Gasteiger partial charge in [-0.05, 0) is 30.3 Å². The van der Waals surface area contributed by atoms with Crippen molar-refractivity contribution in [2.24, 2.45) is 0 Å². The van der Waals surface area contributed by atoms with Gasteiger partial charge in [-0.2, -0.15) is 0 Å². The van der Waals surface area contributed by atoms with E-state index >= 15 is 0 Å². The molecule has 0 unspecified atom stereocenters. The predicted octanol–water partition coefficient (Wildman–Crippen LogP) is 4.51. The van der Waals surface area contributed by atoms with E-state index in [9.17, 15) is 4.79 Å². The lowest BCUT2D eigenvalue weighted by Gasteiger charge is -2.06. The second-order valence-electron chi connectivity index (χ2n) is 5.05. The molecular weight excluding hydrogens is 362 g/mol. The van der Waals surface area contributed by atoms with Crippen LogP contribution >= 0.6 is 22.9 Å². The summed E-state index contributed by atoms with van der Waals surface area (Å²) in [6.07, 6.45) is 0. The number of benzene rings is 2. The Kier molecular flexibility index (Phi) is 5.53. The summed E-state index contributed by atoms with van der Waals surface area (Å²) in [5.41, 5.74) is 1.72. The van der Waals surface area contributed by atoms with Crippen LogP contribution < -0.4 is 9.47 Å². The van der Waals surface area contributed by atoms with Gasteiger partial charge in [-0.15, -0.1) is 11.3 Å². The Morgan fingerprint density at radius 3 is 2.44 bits per heavy atom. The van der Waals surface area contributed by atoms with E-state index in [2.05, 4.69) is 4.98 Å². The monoisotopic (exact) mass is 375 g/mol. The highest BCUT2D eigenvalue weighted by Crippen LogP contribution is 2.29. The highest BCUT2D eigenvalue weighted by molar-refractivity contribution is 7.09. The maximum Gasteiger partial charge on any atom is 0.341 e. The highest BCUT2D eigenvalue weighted by Gasteiger charge is 2.08. The number of carboxylic acids is 1. The van der Waals surface area contributed by atoms with Crippen LogP contribution in [0.4, 0.5) is 0 Å². The van der Waals surface area contributed by atoms with Crippen LogP contribution in [-0.2, 0) is 11.4 Å². The lowest BCUT2D eigenvalue weighted by atomic mass is 10.2. The van der Waals surface area contributed by atoms with Crippen LogP contribution in [0.25, 0.3) is 11.3 Å². The molecule has 0 aliphatic carbocycles. The molecule has 1 N–H and O–H groups in total. The van der Waals surface area contributed by atoms with Crippen molar-refractivity contribution in [3.63, 3.8) is 0 Å². The second-order valence-corrected chi connectivity index (χ2v) is 6.40. The molecule has 0 bridgehead atoms. The van der Waals surface area contributed by atoms with E-state index in [0.717, 1.165) is 16.3 Å². The van der Waals surface area contributed by atoms with Gasteiger partial charge in [0.1, 0.15) is 23.1 Å². The molecule has 0 saturated carbocycles. The van der Waals surface area contributed by atoms with Crippen molar-refractivity contribution in [1.82, 2.24) is 4.98 Å². The molecular formula is C18H14ClNO4S. The summed E-state index contributed by atoms with van der Waals surface area (Å²) >= 11 is 7.69. The van der Waals surface area contributed by atoms with Crippen LogP contribution in [-0.4, -0.2) is 22.7 Å². The van der Waals surface area contributed by atoms with Gasteiger partial charge < -0.3 is 14.6 Å². The number of aliphatic carboxylic acids is 1. The quantitative estimate of drug-likeness (QED) is 0.658. The summed E-state index contributed by atoms with van der Waals surface area (Å²) in [5, 5.41) is 12.0. The molecule has 1 heterocycles. The molecule has 0 amide bonds. The normalized spacial score (nSPS) is 10.4. The summed E-state index contributed by atoms with van der Waals surface area (Å²) in [5.74, 6) is 0.112. The summed E-state index contributed by atoms with van der Waals surface area (Å²) < 4.78 is 10.8. The van der Waals surface area contributed by atoms with Crippen molar-refractivity contribution in [3.8, 4) is 22.8 Å². The van der Waals surface area contributed by atoms with Crippen LogP contribution in [0.2, 0.25) is 5.02 Å². The Labute approximate surface area is 153 Å². The molecule has 0 fully saturated rings. The molecule has 0 aliphatic rings. The van der Waals surface area contributed by atoms with E-state index in [-0.39, 0.29) is 6.61 Å². The SMILES string of the molecule is O=C(O)COc1ccc(OCc2nc(-c3ccccc3Cl)cs2)cc1. The average Bonchev–Trinajstić information content (AvgIpc) is 3.08. The van der Waals surface area contributed by atoms with Gasteiger partial charge in [-0.3, -0.25) is 0 Å². The van der Waals surface area contributed by atoms with E-state index in [1.807, 2.05) is 29.6 Å². The van der Waals surface area contributed by atoms with Gasteiger partial charge in [0, 0.05) is 16.0 Å². The molecule has 0 radical (unpaired) electrons. The van der Waals surface area contributed by atoms with Gasteiger partial charge in [0.05, 0.1) is 5.69 Å². The smallest absolute Gasteiger partial charge is 0.341 e. The fraction of sp³-hybridized carbons (Fsp3) is 0.111. The van der Waals surface area contributed by atoms with E-state index in [4.69, 9.17) is 26.2 Å². The first-order valence-electron chi connectivity index (χ1n) is 7.38. The highest BCUT2D eigenvalue weighted by atomic mass is 35.5. The number of nitrogens with zero attached hydrogens (tertiary/aromatic N) is 1. The van der Waals surface area contributed by atoms with Crippen molar-refractivity contribution < 1.29 is 19.4 Å². The lowest BCUT2D eigenvalue weighted by molar-refractivity contribution is -0.139. The minimum atomic E-state index is -1.02. The molecule has 7 heteroatoms. The molecule has 5 nitrogen and oxygen atoms in total. The van der Waals surface area contributed by atoms with Gasteiger partial charge in [0.2, 0.25) is 0 Å². The van der Waals surface area contributed by atoms with E-state index in [1.54, 1.807) is 24.3 Å². The van der Waals surface area contributed by atoms with Gasteiger partial charge in [0.25, 0.3) is 0 Å². The Hall–Kier alpha value is -2.57. The van der Waals surface area contributed by atoms with E-state index in [1.165, 1.54) is 11.3 Å². The molecule has 128 valence electrons. The zero-order chi connectivity index (χ0) is 17.6. The Balaban J connectivity index is 1.59. The molecule has 3 aromatic rings. The molecule has 0 spiro atoms. The Morgan fingerprint density at radius 2 is 1.76 bits per heavy atom. The maximum atomic E-state index is 10.5. The van der Waals surface area contributed by atoms with Crippen molar-refractivity contribution in [3.05, 3.63) is 63.9 Å². The van der Waals surface area contributed by atoms with Crippen molar-refractivity contribution in [1.29, 1.82) is 0 Å². The van der Waals surface area contributed by atoms with Crippen LogP contribution in [0.1, 0.15) is 5.01 Å². The molecule has 3 rings (SSSR count). The summed E-state index contributed by atoms with van der Waals surface area (Å²) in [7, 11) is 0. The topological polar surface area (TPSA) is 68.7 Å². The van der Waals surface area contributed by atoms with Crippen LogP contribution in [0.5, 0.6) is 11.5 Å². The minimum absolute atomic E-state index is 0.338. The fourth-order valence-corrected chi connectivity index (χ4v) is 3.03. The van der Waals surface area contributed by atoms with Crippen LogP contribution in [0.15, 0.2) is 53.9 Å². The summed E-state index contributed by atoms with van der Waals surface area (Å²) in [4.78, 5) is 15.0. The molecule has 0 atom stereocenters. The molecule has 0 saturated heterocycles. The first kappa shape index (κ1) is 17.3. The first-order chi connectivity index (χ1) is 12.1. The number of aromatic nitrogens is 1. The van der Waals surface area contributed by atoms with Crippen molar-refractivity contribution in [2.45, 2.75) is 6.61 Å². The Bertz CT molecular complexity index is 864. The molecule has 1 aromatic heterocycles.